The molecule has 1 saturated carbocycles. The highest BCUT2D eigenvalue weighted by atomic mass is 35.5. The molecule has 174 valence electrons. The molecule has 1 aliphatic heterocycles. The van der Waals surface area contributed by atoms with Crippen LogP contribution in [0.1, 0.15) is 39.1 Å². The molecule has 0 unspecified atom stereocenters. The third kappa shape index (κ3) is 4.38. The summed E-state index contributed by atoms with van der Waals surface area (Å²) in [6.07, 6.45) is 2.57. The zero-order valence-corrected chi connectivity index (χ0v) is 19.7. The van der Waals surface area contributed by atoms with Crippen LogP contribution in [0, 0.1) is 0 Å². The van der Waals surface area contributed by atoms with Crippen LogP contribution in [0.4, 0.5) is 11.4 Å². The van der Waals surface area contributed by atoms with Crippen LogP contribution in [0.3, 0.4) is 0 Å². The van der Waals surface area contributed by atoms with Gasteiger partial charge in [-0.25, -0.2) is 8.42 Å². The summed E-state index contributed by atoms with van der Waals surface area (Å²) in [4.78, 5) is 25.1. The number of amides is 2. The van der Waals surface area contributed by atoms with E-state index in [1.807, 2.05) is 12.1 Å². The fraction of sp³-hybridized carbons (Fsp3) is 0.200. The van der Waals surface area contributed by atoms with Crippen molar-refractivity contribution in [3.8, 4) is 0 Å². The number of halogens is 1. The first-order valence-electron chi connectivity index (χ1n) is 11.0. The average molecular weight is 496 g/mol. The number of anilines is 2. The van der Waals surface area contributed by atoms with E-state index in [1.54, 1.807) is 36.4 Å². The monoisotopic (exact) mass is 495 g/mol. The first-order valence-corrected chi connectivity index (χ1v) is 12.8. The lowest BCUT2D eigenvalue weighted by atomic mass is 10.1. The molecule has 2 amide bonds. The second kappa shape index (κ2) is 8.77. The van der Waals surface area contributed by atoms with Gasteiger partial charge in [0.1, 0.15) is 4.90 Å². The highest BCUT2D eigenvalue weighted by Crippen LogP contribution is 2.35. The van der Waals surface area contributed by atoms with Crippen LogP contribution in [0.15, 0.2) is 71.6 Å². The Kier molecular flexibility index (Phi) is 5.79. The lowest BCUT2D eigenvalue weighted by Gasteiger charge is -2.20. The quantitative estimate of drug-likeness (QED) is 0.534. The number of fused-ring (bicyclic) bond motifs is 1. The van der Waals surface area contributed by atoms with Crippen molar-refractivity contribution < 1.29 is 18.0 Å². The van der Waals surface area contributed by atoms with E-state index in [2.05, 4.69) is 10.6 Å². The number of hydrogen-bond donors (Lipinski definition) is 2. The minimum atomic E-state index is -3.97. The van der Waals surface area contributed by atoms with Crippen LogP contribution in [0.5, 0.6) is 0 Å². The normalized spacial score (nSPS) is 15.0. The Balaban J connectivity index is 1.39. The summed E-state index contributed by atoms with van der Waals surface area (Å²) in [5, 5.41) is 5.69. The maximum atomic E-state index is 13.4. The van der Waals surface area contributed by atoms with Crippen LogP contribution in [0.25, 0.3) is 0 Å². The number of benzene rings is 3. The van der Waals surface area contributed by atoms with Gasteiger partial charge in [-0.3, -0.25) is 13.9 Å². The molecule has 1 heterocycles. The zero-order chi connectivity index (χ0) is 23.9. The summed E-state index contributed by atoms with van der Waals surface area (Å²) >= 11 is 6.27. The number of carbonyl (C=O) groups excluding carboxylic acids is 2. The largest absolute Gasteiger partial charge is 0.349 e. The molecule has 0 spiro atoms. The van der Waals surface area contributed by atoms with Crippen LogP contribution in [0.2, 0.25) is 5.02 Å². The van der Waals surface area contributed by atoms with Crippen molar-refractivity contribution in [1.82, 2.24) is 5.32 Å². The second-order valence-electron chi connectivity index (χ2n) is 8.38. The predicted molar refractivity (Wildman–Crippen MR) is 131 cm³/mol. The summed E-state index contributed by atoms with van der Waals surface area (Å²) in [6.45, 7) is 0.310. The standard InChI is InChI=1S/C25H22ClN3O4S/c26-21-11-8-18(15-23(21)34(32,33)29-13-12-16-4-1-2-7-22(16)29)25(31)28-20-6-3-5-17(14-20)24(30)27-19-9-10-19/h1-8,11,14-15,19H,9-10,12-13H2,(H,27,30)(H,28,31). The van der Waals surface area contributed by atoms with Crippen molar-refractivity contribution in [3.63, 3.8) is 0 Å². The van der Waals surface area contributed by atoms with E-state index in [1.165, 1.54) is 22.5 Å². The van der Waals surface area contributed by atoms with Crippen molar-refractivity contribution in [2.45, 2.75) is 30.2 Å². The van der Waals surface area contributed by atoms with Crippen molar-refractivity contribution in [2.75, 3.05) is 16.2 Å². The molecule has 1 fully saturated rings. The summed E-state index contributed by atoms with van der Waals surface area (Å²) in [7, 11) is -3.97. The molecule has 2 N–H and O–H groups in total. The number of carbonyl (C=O) groups is 2. The number of hydrogen-bond acceptors (Lipinski definition) is 4. The molecule has 3 aromatic carbocycles. The van der Waals surface area contributed by atoms with Gasteiger partial charge >= 0.3 is 0 Å². The fourth-order valence-corrected chi connectivity index (χ4v) is 5.96. The van der Waals surface area contributed by atoms with Crippen molar-refractivity contribution in [2.24, 2.45) is 0 Å². The van der Waals surface area contributed by atoms with Crippen molar-refractivity contribution in [1.29, 1.82) is 0 Å². The molecule has 0 saturated heterocycles. The smallest absolute Gasteiger partial charge is 0.265 e. The summed E-state index contributed by atoms with van der Waals surface area (Å²) in [5.41, 5.74) is 2.58. The molecule has 0 atom stereocenters. The number of nitrogens with zero attached hydrogens (tertiary/aromatic N) is 1. The number of sulfonamides is 1. The van der Waals surface area contributed by atoms with Gasteiger partial charge in [0.25, 0.3) is 21.8 Å². The molecule has 2 aliphatic rings. The van der Waals surface area contributed by atoms with Crippen molar-refractivity contribution >= 4 is 44.8 Å². The molecular weight excluding hydrogens is 474 g/mol. The zero-order valence-electron chi connectivity index (χ0n) is 18.1. The maximum Gasteiger partial charge on any atom is 0.265 e. The van der Waals surface area contributed by atoms with Crippen LogP contribution >= 0.6 is 11.6 Å². The fourth-order valence-electron chi connectivity index (χ4n) is 3.96. The highest BCUT2D eigenvalue weighted by Gasteiger charge is 2.32. The van der Waals surface area contributed by atoms with Gasteiger partial charge in [0, 0.05) is 29.4 Å². The number of nitrogens with one attached hydrogen (secondary N) is 2. The first kappa shape index (κ1) is 22.4. The molecule has 7 nitrogen and oxygen atoms in total. The third-order valence-electron chi connectivity index (χ3n) is 5.90. The Hall–Kier alpha value is -3.36. The molecule has 1 aliphatic carbocycles. The van der Waals surface area contributed by atoms with Crippen LogP contribution < -0.4 is 14.9 Å². The molecule has 0 aromatic heterocycles. The van der Waals surface area contributed by atoms with Gasteiger partial charge in [-0.1, -0.05) is 35.9 Å². The topological polar surface area (TPSA) is 95.6 Å². The lowest BCUT2D eigenvalue weighted by Crippen LogP contribution is -2.29. The predicted octanol–water partition coefficient (Wildman–Crippen LogP) is 4.24. The summed E-state index contributed by atoms with van der Waals surface area (Å²) < 4.78 is 28.2. The van der Waals surface area contributed by atoms with Crippen molar-refractivity contribution in [3.05, 3.63) is 88.4 Å². The van der Waals surface area contributed by atoms with Gasteiger partial charge < -0.3 is 10.6 Å². The SMILES string of the molecule is O=C(Nc1cccc(C(=O)NC2CC2)c1)c1ccc(Cl)c(S(=O)(=O)N2CCc3ccccc32)c1. The molecule has 34 heavy (non-hydrogen) atoms. The van der Waals surface area contributed by atoms with E-state index in [0.717, 1.165) is 18.4 Å². The Morgan fingerprint density at radius 2 is 1.68 bits per heavy atom. The highest BCUT2D eigenvalue weighted by molar-refractivity contribution is 7.93. The molecule has 9 heteroatoms. The van der Waals surface area contributed by atoms with Gasteiger partial charge in [-0.15, -0.1) is 0 Å². The first-order chi connectivity index (χ1) is 16.3. The molecule has 5 rings (SSSR count). The van der Waals surface area contributed by atoms with Gasteiger partial charge in [0.05, 0.1) is 10.7 Å². The lowest BCUT2D eigenvalue weighted by molar-refractivity contribution is 0.0949. The Labute approximate surface area is 202 Å². The number of rotatable bonds is 6. The molecule has 0 radical (unpaired) electrons. The Morgan fingerprint density at radius 1 is 0.912 bits per heavy atom. The molecular formula is C25H22ClN3O4S. The Bertz CT molecular complexity index is 1400. The summed E-state index contributed by atoms with van der Waals surface area (Å²) in [6, 6.07) is 18.3. The maximum absolute atomic E-state index is 13.4. The van der Waals surface area contributed by atoms with Gasteiger partial charge in [0.2, 0.25) is 0 Å². The van der Waals surface area contributed by atoms with E-state index >= 15 is 0 Å². The van der Waals surface area contributed by atoms with Gasteiger partial charge in [-0.2, -0.15) is 0 Å². The van der Waals surface area contributed by atoms with E-state index < -0.39 is 15.9 Å². The van der Waals surface area contributed by atoms with E-state index in [9.17, 15) is 18.0 Å². The van der Waals surface area contributed by atoms with E-state index in [-0.39, 0.29) is 27.4 Å². The Morgan fingerprint density at radius 3 is 2.47 bits per heavy atom. The minimum Gasteiger partial charge on any atom is -0.349 e. The minimum absolute atomic E-state index is 0.0414. The molecule has 3 aromatic rings. The summed E-state index contributed by atoms with van der Waals surface area (Å²) in [5.74, 6) is -0.695. The third-order valence-corrected chi connectivity index (χ3v) is 8.20. The second-order valence-corrected chi connectivity index (χ2v) is 10.6. The van der Waals surface area contributed by atoms with Crippen LogP contribution in [-0.4, -0.2) is 32.8 Å². The van der Waals surface area contributed by atoms with Gasteiger partial charge in [0.15, 0.2) is 0 Å². The number of para-hydroxylation sites is 1. The van der Waals surface area contributed by atoms with Gasteiger partial charge in [-0.05, 0) is 67.3 Å². The van der Waals surface area contributed by atoms with E-state index in [4.69, 9.17) is 11.6 Å². The van der Waals surface area contributed by atoms with E-state index in [0.29, 0.717) is 29.9 Å². The average Bonchev–Trinajstić information content (AvgIpc) is 3.53. The molecule has 0 bridgehead atoms. The van der Waals surface area contributed by atoms with Crippen LogP contribution in [-0.2, 0) is 16.4 Å².